The van der Waals surface area contributed by atoms with Crippen LogP contribution in [-0.4, -0.2) is 55.1 Å². The molecule has 0 fully saturated rings. The van der Waals surface area contributed by atoms with Crippen LogP contribution < -0.4 is 10.6 Å². The topological polar surface area (TPSA) is 55.5 Å². The summed E-state index contributed by atoms with van der Waals surface area (Å²) < 4.78 is 13.5. The second-order valence-electron chi connectivity index (χ2n) is 7.08. The summed E-state index contributed by atoms with van der Waals surface area (Å²) in [6.07, 6.45) is 2.75. The minimum atomic E-state index is -0.206. The van der Waals surface area contributed by atoms with Crippen LogP contribution in [0.1, 0.15) is 26.3 Å². The van der Waals surface area contributed by atoms with Crippen LogP contribution in [0.4, 0.5) is 4.39 Å². The Morgan fingerprint density at radius 1 is 1.27 bits per heavy atom. The summed E-state index contributed by atoms with van der Waals surface area (Å²) in [4.78, 5) is 10.0. The van der Waals surface area contributed by atoms with Crippen molar-refractivity contribution in [2.75, 3.05) is 33.7 Å². The Morgan fingerprint density at radius 3 is 2.65 bits per heavy atom. The van der Waals surface area contributed by atoms with Gasteiger partial charge in [0, 0.05) is 35.7 Å². The highest BCUT2D eigenvalue weighted by Gasteiger charge is 2.19. The summed E-state index contributed by atoms with van der Waals surface area (Å²) in [6, 6.07) is 4.83. The average molecular weight is 475 g/mol. The number of nitrogens with zero attached hydrogens (tertiary/aromatic N) is 2. The smallest absolute Gasteiger partial charge is 0.191 e. The van der Waals surface area contributed by atoms with E-state index in [2.05, 4.69) is 60.4 Å². The molecule has 0 aliphatic heterocycles. The molecule has 0 aliphatic carbocycles. The van der Waals surface area contributed by atoms with Crippen molar-refractivity contribution in [1.82, 2.24) is 20.5 Å². The van der Waals surface area contributed by atoms with E-state index in [1.807, 2.05) is 6.20 Å². The monoisotopic (exact) mass is 475 g/mol. The summed E-state index contributed by atoms with van der Waals surface area (Å²) >= 11 is 0. The number of likely N-dealkylation sites (N-methyl/N-ethyl adjacent to an activating group) is 1. The Balaban J connectivity index is 0.00000338. The summed E-state index contributed by atoms with van der Waals surface area (Å²) in [5.74, 6) is 0.602. The Morgan fingerprint density at radius 2 is 2.00 bits per heavy atom. The van der Waals surface area contributed by atoms with Crippen molar-refractivity contribution in [2.24, 2.45) is 4.99 Å². The van der Waals surface area contributed by atoms with Gasteiger partial charge in [0.25, 0.3) is 0 Å². The highest BCUT2D eigenvalue weighted by atomic mass is 127. The minimum Gasteiger partial charge on any atom is -0.361 e. The van der Waals surface area contributed by atoms with Crippen molar-refractivity contribution < 1.29 is 4.39 Å². The number of nitrogens with one attached hydrogen (secondary N) is 3. The van der Waals surface area contributed by atoms with Gasteiger partial charge in [-0.3, -0.25) is 4.99 Å². The third kappa shape index (κ3) is 6.12. The van der Waals surface area contributed by atoms with E-state index in [4.69, 9.17) is 0 Å². The van der Waals surface area contributed by atoms with Crippen LogP contribution in [0.3, 0.4) is 0 Å². The average Bonchev–Trinajstić information content (AvgIpc) is 2.95. The molecule has 0 atom stereocenters. The quantitative estimate of drug-likeness (QED) is 0.327. The maximum atomic E-state index is 13.5. The number of hydrogen-bond acceptors (Lipinski definition) is 2. The molecule has 2 rings (SSSR count). The zero-order valence-electron chi connectivity index (χ0n) is 16.3. The third-order valence-corrected chi connectivity index (χ3v) is 4.60. The number of rotatable bonds is 7. The lowest BCUT2D eigenvalue weighted by Crippen LogP contribution is -2.44. The molecule has 26 heavy (non-hydrogen) atoms. The second kappa shape index (κ2) is 10.1. The molecule has 7 heteroatoms. The molecule has 1 aromatic heterocycles. The van der Waals surface area contributed by atoms with Crippen LogP contribution in [0, 0.1) is 5.82 Å². The number of fused-ring (bicyclic) bond motifs is 1. The summed E-state index contributed by atoms with van der Waals surface area (Å²) in [7, 11) is 4.12. The van der Waals surface area contributed by atoms with Gasteiger partial charge in [-0.2, -0.15) is 0 Å². The first-order chi connectivity index (χ1) is 11.8. The van der Waals surface area contributed by atoms with E-state index in [1.165, 1.54) is 6.07 Å². The first-order valence-electron chi connectivity index (χ1n) is 8.78. The number of aromatic amines is 1. The van der Waals surface area contributed by atoms with Gasteiger partial charge < -0.3 is 20.5 Å². The molecule has 1 aromatic carbocycles. The predicted molar refractivity (Wildman–Crippen MR) is 119 cm³/mol. The molecular weight excluding hydrogens is 444 g/mol. The molecule has 2 aromatic rings. The molecule has 5 nitrogen and oxygen atoms in total. The van der Waals surface area contributed by atoms with E-state index in [0.717, 1.165) is 41.9 Å². The number of hydrogen-bond donors (Lipinski definition) is 3. The van der Waals surface area contributed by atoms with Gasteiger partial charge >= 0.3 is 0 Å². The standard InChI is InChI=1S/C19H30FN5.HI/c1-6-21-18(24-13-19(2,3)25(4)5)22-10-9-14-12-23-17-8-7-15(20)11-16(14)17;/h7-8,11-12,23H,6,9-10,13H2,1-5H3,(H2,21,22,24);1H. The SMILES string of the molecule is CCNC(=NCC(C)(C)N(C)C)NCCc1c[nH]c2ccc(F)cc12.I. The van der Waals surface area contributed by atoms with Crippen LogP contribution in [0.25, 0.3) is 10.9 Å². The van der Waals surface area contributed by atoms with E-state index in [1.54, 1.807) is 12.1 Å². The van der Waals surface area contributed by atoms with Gasteiger partial charge in [0.15, 0.2) is 5.96 Å². The van der Waals surface area contributed by atoms with Gasteiger partial charge in [0.2, 0.25) is 0 Å². The number of H-pyrrole nitrogens is 1. The maximum absolute atomic E-state index is 13.5. The van der Waals surface area contributed by atoms with Crippen LogP contribution in [0.5, 0.6) is 0 Å². The fraction of sp³-hybridized carbons (Fsp3) is 0.526. The normalized spacial score (nSPS) is 12.3. The molecule has 3 N–H and O–H groups in total. The molecule has 0 spiro atoms. The summed E-state index contributed by atoms with van der Waals surface area (Å²) in [6.45, 7) is 8.63. The van der Waals surface area contributed by atoms with E-state index in [9.17, 15) is 4.39 Å². The number of aromatic nitrogens is 1. The molecule has 0 unspecified atom stereocenters. The van der Waals surface area contributed by atoms with Gasteiger partial charge in [-0.05, 0) is 65.0 Å². The van der Waals surface area contributed by atoms with E-state index in [0.29, 0.717) is 6.54 Å². The lowest BCUT2D eigenvalue weighted by atomic mass is 10.1. The van der Waals surface area contributed by atoms with E-state index >= 15 is 0 Å². The molecule has 1 heterocycles. The van der Waals surface area contributed by atoms with Crippen molar-refractivity contribution in [2.45, 2.75) is 32.7 Å². The zero-order chi connectivity index (χ0) is 18.4. The molecule has 146 valence electrons. The van der Waals surface area contributed by atoms with Gasteiger partial charge in [0.05, 0.1) is 6.54 Å². The van der Waals surface area contributed by atoms with E-state index < -0.39 is 0 Å². The van der Waals surface area contributed by atoms with Gasteiger partial charge in [0.1, 0.15) is 5.82 Å². The lowest BCUT2D eigenvalue weighted by Gasteiger charge is -2.31. The Bertz CT molecular complexity index is 724. The second-order valence-corrected chi connectivity index (χ2v) is 7.08. The van der Waals surface area contributed by atoms with Crippen molar-refractivity contribution in [1.29, 1.82) is 0 Å². The van der Waals surface area contributed by atoms with Crippen molar-refractivity contribution >= 4 is 40.8 Å². The maximum Gasteiger partial charge on any atom is 0.191 e. The zero-order valence-corrected chi connectivity index (χ0v) is 18.6. The Labute approximate surface area is 172 Å². The summed E-state index contributed by atoms with van der Waals surface area (Å²) in [5, 5.41) is 7.58. The molecule has 0 aliphatic rings. The van der Waals surface area contributed by atoms with Crippen molar-refractivity contribution in [3.05, 3.63) is 35.8 Å². The molecule has 0 amide bonds. The van der Waals surface area contributed by atoms with Crippen LogP contribution in [0.15, 0.2) is 29.4 Å². The first-order valence-corrected chi connectivity index (χ1v) is 8.78. The number of halogens is 2. The molecule has 0 saturated heterocycles. The van der Waals surface area contributed by atoms with Crippen LogP contribution in [-0.2, 0) is 6.42 Å². The summed E-state index contributed by atoms with van der Waals surface area (Å²) in [5.41, 5.74) is 2.06. The minimum absolute atomic E-state index is 0. The van der Waals surface area contributed by atoms with Crippen LogP contribution >= 0.6 is 24.0 Å². The molecular formula is C19H31FIN5. The van der Waals surface area contributed by atoms with Crippen LogP contribution in [0.2, 0.25) is 0 Å². The number of benzene rings is 1. The molecule has 0 radical (unpaired) electrons. The third-order valence-electron chi connectivity index (χ3n) is 4.60. The highest BCUT2D eigenvalue weighted by Crippen LogP contribution is 2.19. The predicted octanol–water partition coefficient (Wildman–Crippen LogP) is 3.36. The largest absolute Gasteiger partial charge is 0.361 e. The van der Waals surface area contributed by atoms with Crippen molar-refractivity contribution in [3.63, 3.8) is 0 Å². The lowest BCUT2D eigenvalue weighted by molar-refractivity contribution is 0.204. The Hall–Kier alpha value is -1.35. The Kier molecular flexibility index (Phi) is 8.82. The van der Waals surface area contributed by atoms with Gasteiger partial charge in [-0.25, -0.2) is 4.39 Å². The number of aliphatic imine (C=N–C) groups is 1. The van der Waals surface area contributed by atoms with Gasteiger partial charge in [-0.15, -0.1) is 24.0 Å². The van der Waals surface area contributed by atoms with E-state index in [-0.39, 0.29) is 35.3 Å². The number of guanidine groups is 1. The first kappa shape index (κ1) is 22.7. The van der Waals surface area contributed by atoms with Crippen molar-refractivity contribution in [3.8, 4) is 0 Å². The fourth-order valence-corrected chi connectivity index (χ4v) is 2.43. The highest BCUT2D eigenvalue weighted by molar-refractivity contribution is 14.0. The molecule has 0 bridgehead atoms. The van der Waals surface area contributed by atoms with Gasteiger partial charge in [-0.1, -0.05) is 0 Å². The molecule has 0 saturated carbocycles. The fourth-order valence-electron chi connectivity index (χ4n) is 2.43.